The smallest absolute Gasteiger partial charge is 0.155 e. The van der Waals surface area contributed by atoms with Crippen molar-refractivity contribution in [2.45, 2.75) is 45.6 Å². The number of para-hydroxylation sites is 1. The van der Waals surface area contributed by atoms with E-state index in [1.54, 1.807) is 18.2 Å². The molecule has 0 heterocycles. The van der Waals surface area contributed by atoms with Gasteiger partial charge >= 0.3 is 0 Å². The maximum Gasteiger partial charge on any atom is 0.155 e. The van der Waals surface area contributed by atoms with Crippen LogP contribution in [0.5, 0.6) is 0 Å². The Morgan fingerprint density at radius 3 is 1.93 bits per heavy atom. The van der Waals surface area contributed by atoms with E-state index in [1.807, 2.05) is 68.1 Å². The van der Waals surface area contributed by atoms with E-state index in [4.69, 9.17) is 0 Å². The molecule has 1 aliphatic rings. The highest BCUT2D eigenvalue weighted by Crippen LogP contribution is 2.51. The molecule has 200 valence electrons. The first kappa shape index (κ1) is 26.0. The van der Waals surface area contributed by atoms with Crippen LogP contribution < -0.4 is 4.90 Å². The van der Waals surface area contributed by atoms with Crippen LogP contribution in [0.3, 0.4) is 0 Å². The van der Waals surface area contributed by atoms with Gasteiger partial charge < -0.3 is 4.90 Å². The normalized spacial score (nSPS) is 13.6. The molecule has 0 aromatic heterocycles. The third kappa shape index (κ3) is 4.12. The number of hydrogen-bond acceptors (Lipinski definition) is 1. The summed E-state index contributed by atoms with van der Waals surface area (Å²) in [6.07, 6.45) is 0. The van der Waals surface area contributed by atoms with Crippen LogP contribution in [0.1, 0.15) is 45.7 Å². The van der Waals surface area contributed by atoms with Crippen molar-refractivity contribution in [2.24, 2.45) is 0 Å². The van der Waals surface area contributed by atoms with Crippen molar-refractivity contribution >= 4 is 11.4 Å². The molecule has 40 heavy (non-hydrogen) atoms. The average Bonchev–Trinajstić information content (AvgIpc) is 3.17. The third-order valence-electron chi connectivity index (χ3n) is 8.08. The van der Waals surface area contributed by atoms with Gasteiger partial charge in [-0.05, 0) is 72.4 Å². The predicted octanol–water partition coefficient (Wildman–Crippen LogP) is 10.5. The summed E-state index contributed by atoms with van der Waals surface area (Å²) in [5, 5.41) is 0. The highest BCUT2D eigenvalue weighted by atomic mass is 19.1. The van der Waals surface area contributed by atoms with Gasteiger partial charge in [0.25, 0.3) is 0 Å². The summed E-state index contributed by atoms with van der Waals surface area (Å²) >= 11 is 0. The minimum atomic E-state index is -0.627. The van der Waals surface area contributed by atoms with Crippen molar-refractivity contribution in [1.82, 2.24) is 0 Å². The number of anilines is 2. The number of halogens is 2. The monoisotopic (exact) mass is 529 g/mol. The first-order valence-corrected chi connectivity index (χ1v) is 13.8. The zero-order chi connectivity index (χ0) is 28.2. The molecule has 0 aliphatic heterocycles. The zero-order valence-electron chi connectivity index (χ0n) is 23.6. The largest absolute Gasteiger partial charge is 0.331 e. The molecule has 0 atom stereocenters. The summed E-state index contributed by atoms with van der Waals surface area (Å²) in [7, 11) is 0. The first-order valence-electron chi connectivity index (χ1n) is 13.8. The van der Waals surface area contributed by atoms with Gasteiger partial charge in [0, 0.05) is 22.1 Å². The molecule has 0 amide bonds. The molecule has 6 rings (SSSR count). The second-order valence-electron chi connectivity index (χ2n) is 12.1. The van der Waals surface area contributed by atoms with E-state index in [0.29, 0.717) is 16.9 Å². The maximum absolute atomic E-state index is 17.0. The fourth-order valence-corrected chi connectivity index (χ4v) is 6.19. The number of nitrogens with zero attached hydrogens (tertiary/aromatic N) is 1. The average molecular weight is 530 g/mol. The Bertz CT molecular complexity index is 1730. The van der Waals surface area contributed by atoms with Crippen molar-refractivity contribution in [3.8, 4) is 33.4 Å². The highest BCUT2D eigenvalue weighted by Gasteiger charge is 2.36. The van der Waals surface area contributed by atoms with Crippen LogP contribution in [0.2, 0.25) is 0 Å². The number of hydrogen-bond donors (Lipinski definition) is 0. The van der Waals surface area contributed by atoms with Crippen molar-refractivity contribution in [2.75, 3.05) is 4.90 Å². The van der Waals surface area contributed by atoms with Gasteiger partial charge in [0.05, 0.1) is 11.4 Å². The molecule has 0 unspecified atom stereocenters. The van der Waals surface area contributed by atoms with Gasteiger partial charge in [0.2, 0.25) is 0 Å². The van der Waals surface area contributed by atoms with Gasteiger partial charge in [0.15, 0.2) is 5.82 Å². The van der Waals surface area contributed by atoms with Gasteiger partial charge in [0.1, 0.15) is 5.82 Å². The fourth-order valence-electron chi connectivity index (χ4n) is 6.19. The topological polar surface area (TPSA) is 3.24 Å². The summed E-state index contributed by atoms with van der Waals surface area (Å²) in [5.41, 5.74) is 7.73. The highest BCUT2D eigenvalue weighted by molar-refractivity contribution is 5.91. The van der Waals surface area contributed by atoms with E-state index in [0.717, 1.165) is 22.3 Å². The molecule has 1 aliphatic carbocycles. The van der Waals surface area contributed by atoms with Crippen LogP contribution in [0.15, 0.2) is 109 Å². The molecule has 0 saturated carbocycles. The summed E-state index contributed by atoms with van der Waals surface area (Å²) in [4.78, 5) is 1.81. The molecule has 1 nitrogen and oxygen atoms in total. The van der Waals surface area contributed by atoms with Crippen LogP contribution in [0, 0.1) is 11.6 Å². The fraction of sp³-hybridized carbons (Fsp3) is 0.189. The van der Waals surface area contributed by atoms with E-state index in [-0.39, 0.29) is 11.2 Å². The summed E-state index contributed by atoms with van der Waals surface area (Å²) < 4.78 is 32.4. The lowest BCUT2D eigenvalue weighted by molar-refractivity contribution is 0.528. The molecule has 5 aromatic carbocycles. The van der Waals surface area contributed by atoms with Crippen molar-refractivity contribution in [1.29, 1.82) is 0 Å². The van der Waals surface area contributed by atoms with Gasteiger partial charge in [-0.1, -0.05) is 105 Å². The number of benzene rings is 5. The minimum Gasteiger partial charge on any atom is -0.331 e. The van der Waals surface area contributed by atoms with Crippen LogP contribution in [-0.4, -0.2) is 5.54 Å². The molecule has 3 heteroatoms. The zero-order valence-corrected chi connectivity index (χ0v) is 23.6. The second kappa shape index (κ2) is 9.45. The molecule has 5 aromatic rings. The third-order valence-corrected chi connectivity index (χ3v) is 8.08. The Kier molecular flexibility index (Phi) is 6.14. The van der Waals surface area contributed by atoms with Gasteiger partial charge in [-0.25, -0.2) is 8.78 Å². The van der Waals surface area contributed by atoms with Crippen molar-refractivity contribution in [3.63, 3.8) is 0 Å². The molecule has 0 fully saturated rings. The summed E-state index contributed by atoms with van der Waals surface area (Å²) in [6.45, 7) is 10.4. The van der Waals surface area contributed by atoms with Crippen LogP contribution >= 0.6 is 0 Å². The van der Waals surface area contributed by atoms with E-state index in [2.05, 4.69) is 56.3 Å². The Hall–Kier alpha value is -4.24. The number of rotatable bonds is 4. The maximum atomic E-state index is 17.0. The summed E-state index contributed by atoms with van der Waals surface area (Å²) in [6, 6.07) is 34.9. The van der Waals surface area contributed by atoms with Crippen molar-refractivity contribution in [3.05, 3.63) is 132 Å². The van der Waals surface area contributed by atoms with Crippen LogP contribution in [-0.2, 0) is 5.41 Å². The molecular weight excluding hydrogens is 496 g/mol. The van der Waals surface area contributed by atoms with E-state index in [9.17, 15) is 0 Å². The van der Waals surface area contributed by atoms with Gasteiger partial charge in [-0.15, -0.1) is 0 Å². The number of fused-ring (bicyclic) bond motifs is 3. The van der Waals surface area contributed by atoms with Crippen LogP contribution in [0.4, 0.5) is 20.2 Å². The second-order valence-corrected chi connectivity index (χ2v) is 12.1. The lowest BCUT2D eigenvalue weighted by Crippen LogP contribution is -2.39. The minimum absolute atomic E-state index is 0.125. The van der Waals surface area contributed by atoms with Crippen LogP contribution in [0.25, 0.3) is 33.4 Å². The molecular formula is C37H33F2N. The van der Waals surface area contributed by atoms with Crippen molar-refractivity contribution < 1.29 is 8.78 Å². The molecule has 0 bridgehead atoms. The van der Waals surface area contributed by atoms with E-state index >= 15 is 8.78 Å². The van der Waals surface area contributed by atoms with Gasteiger partial charge in [-0.2, -0.15) is 0 Å². The van der Waals surface area contributed by atoms with E-state index < -0.39 is 11.4 Å². The standard InChI is InChI=1S/C37H33F2N/c1-36(2,3)40(33-18-12-11-17-32(33)38)35-27(21-20-26(34(35)39)24-13-7-6-8-14-24)25-19-22-31-29(23-25)28-15-9-10-16-30(28)37(31,4)5/h6-23H,1-5H3. The SMILES string of the molecule is CC1(C)c2ccccc2-c2cc(-c3ccc(-c4ccccc4)c(F)c3N(c3ccccc3F)C(C)(C)C)ccc21. The molecule has 0 spiro atoms. The lowest BCUT2D eigenvalue weighted by Gasteiger charge is -2.39. The molecule has 0 radical (unpaired) electrons. The Balaban J connectivity index is 1.65. The Labute approximate surface area is 235 Å². The Morgan fingerprint density at radius 1 is 0.575 bits per heavy atom. The molecule has 0 N–H and O–H groups in total. The molecule has 0 saturated heterocycles. The Morgan fingerprint density at radius 2 is 1.20 bits per heavy atom. The van der Waals surface area contributed by atoms with Gasteiger partial charge in [-0.3, -0.25) is 0 Å². The predicted molar refractivity (Wildman–Crippen MR) is 163 cm³/mol. The summed E-state index contributed by atoms with van der Waals surface area (Å²) in [5.74, 6) is -0.763. The lowest BCUT2D eigenvalue weighted by atomic mass is 9.82. The first-order chi connectivity index (χ1) is 19.1. The van der Waals surface area contributed by atoms with E-state index in [1.165, 1.54) is 22.8 Å². The quantitative estimate of drug-likeness (QED) is 0.224.